The van der Waals surface area contributed by atoms with Gasteiger partial charge in [0.1, 0.15) is 0 Å². The third-order valence-electron chi connectivity index (χ3n) is 3.07. The highest BCUT2D eigenvalue weighted by atomic mass is 16.2. The highest BCUT2D eigenvalue weighted by molar-refractivity contribution is 5.77. The molecule has 3 heteroatoms. The summed E-state index contributed by atoms with van der Waals surface area (Å²) < 4.78 is 0. The second-order valence-electron chi connectivity index (χ2n) is 4.52. The van der Waals surface area contributed by atoms with Crippen molar-refractivity contribution in [3.63, 3.8) is 0 Å². The lowest BCUT2D eigenvalue weighted by molar-refractivity contribution is -0.130. The quantitative estimate of drug-likeness (QED) is 0.743. The topological polar surface area (TPSA) is 23.6 Å². The maximum Gasteiger partial charge on any atom is 0.236 e. The minimum Gasteiger partial charge on any atom is -0.348 e. The van der Waals surface area contributed by atoms with E-state index in [0.717, 1.165) is 19.5 Å². The largest absolute Gasteiger partial charge is 0.348 e. The molecule has 0 aliphatic carbocycles. The fourth-order valence-corrected chi connectivity index (χ4v) is 2.02. The molecule has 16 heavy (non-hydrogen) atoms. The van der Waals surface area contributed by atoms with Crippen molar-refractivity contribution in [1.82, 2.24) is 9.80 Å². The highest BCUT2D eigenvalue weighted by Gasteiger charge is 2.18. The Balaban J connectivity index is 2.00. The number of hydrogen-bond donors (Lipinski definition) is 0. The zero-order valence-corrected chi connectivity index (χ0v) is 9.94. The summed E-state index contributed by atoms with van der Waals surface area (Å²) in [6.07, 6.45) is 1.05. The van der Waals surface area contributed by atoms with Crippen molar-refractivity contribution >= 4 is 5.91 Å². The predicted octanol–water partition coefficient (Wildman–Crippen LogP) is 1.13. The summed E-state index contributed by atoms with van der Waals surface area (Å²) in [5.74, 6) is 0.180. The van der Waals surface area contributed by atoms with Crippen molar-refractivity contribution in [2.75, 3.05) is 27.2 Å². The van der Waals surface area contributed by atoms with E-state index in [1.54, 1.807) is 19.0 Å². The number of likely N-dealkylation sites (N-methyl/N-ethyl adjacent to an activating group) is 1. The van der Waals surface area contributed by atoms with Crippen LogP contribution in [0.1, 0.15) is 11.1 Å². The smallest absolute Gasteiger partial charge is 0.236 e. The Morgan fingerprint density at radius 1 is 1.31 bits per heavy atom. The van der Waals surface area contributed by atoms with Gasteiger partial charge in [-0.05, 0) is 17.5 Å². The molecule has 0 aromatic heterocycles. The average molecular weight is 218 g/mol. The van der Waals surface area contributed by atoms with Crippen LogP contribution >= 0.6 is 0 Å². The van der Waals surface area contributed by atoms with Crippen molar-refractivity contribution in [3.8, 4) is 0 Å². The van der Waals surface area contributed by atoms with Gasteiger partial charge in [-0.25, -0.2) is 0 Å². The minimum absolute atomic E-state index is 0.180. The van der Waals surface area contributed by atoms with Crippen LogP contribution in [0.5, 0.6) is 0 Å². The van der Waals surface area contributed by atoms with Crippen LogP contribution in [-0.2, 0) is 17.8 Å². The SMILES string of the molecule is CN(C)C(=O)CN1CCc2ccccc2C1. The second-order valence-corrected chi connectivity index (χ2v) is 4.52. The van der Waals surface area contributed by atoms with Gasteiger partial charge in [0.2, 0.25) is 5.91 Å². The third kappa shape index (κ3) is 2.42. The molecule has 0 saturated heterocycles. The van der Waals surface area contributed by atoms with E-state index in [9.17, 15) is 4.79 Å². The fraction of sp³-hybridized carbons (Fsp3) is 0.462. The summed E-state index contributed by atoms with van der Waals surface area (Å²) in [7, 11) is 3.61. The van der Waals surface area contributed by atoms with E-state index >= 15 is 0 Å². The van der Waals surface area contributed by atoms with Crippen molar-refractivity contribution in [3.05, 3.63) is 35.4 Å². The van der Waals surface area contributed by atoms with Gasteiger partial charge < -0.3 is 4.90 Å². The van der Waals surface area contributed by atoms with Crippen LogP contribution in [0.4, 0.5) is 0 Å². The number of nitrogens with zero attached hydrogens (tertiary/aromatic N) is 2. The summed E-state index contributed by atoms with van der Waals surface area (Å²) in [5, 5.41) is 0. The van der Waals surface area contributed by atoms with Crippen molar-refractivity contribution in [1.29, 1.82) is 0 Å². The zero-order chi connectivity index (χ0) is 11.5. The van der Waals surface area contributed by atoms with E-state index in [1.165, 1.54) is 11.1 Å². The number of carbonyl (C=O) groups is 1. The van der Waals surface area contributed by atoms with Crippen LogP contribution in [0.15, 0.2) is 24.3 Å². The molecule has 0 saturated carbocycles. The van der Waals surface area contributed by atoms with E-state index in [0.29, 0.717) is 6.54 Å². The standard InChI is InChI=1S/C13H18N2O/c1-14(2)13(16)10-15-8-7-11-5-3-4-6-12(11)9-15/h3-6H,7-10H2,1-2H3. The molecule has 1 aliphatic rings. The molecule has 2 rings (SSSR count). The Labute approximate surface area is 96.7 Å². The van der Waals surface area contributed by atoms with Crippen LogP contribution in [0.2, 0.25) is 0 Å². The van der Waals surface area contributed by atoms with E-state index in [-0.39, 0.29) is 5.91 Å². The molecule has 0 bridgehead atoms. The number of rotatable bonds is 2. The molecule has 0 N–H and O–H groups in total. The normalized spacial score (nSPS) is 15.6. The molecule has 1 aliphatic heterocycles. The third-order valence-corrected chi connectivity index (χ3v) is 3.07. The summed E-state index contributed by atoms with van der Waals surface area (Å²) in [5.41, 5.74) is 2.79. The summed E-state index contributed by atoms with van der Waals surface area (Å²) >= 11 is 0. The molecular weight excluding hydrogens is 200 g/mol. The van der Waals surface area contributed by atoms with Gasteiger partial charge in [0.15, 0.2) is 0 Å². The van der Waals surface area contributed by atoms with Gasteiger partial charge >= 0.3 is 0 Å². The molecule has 0 fully saturated rings. The molecule has 1 aromatic rings. The number of fused-ring (bicyclic) bond motifs is 1. The summed E-state index contributed by atoms with van der Waals surface area (Å²) in [6.45, 7) is 2.41. The lowest BCUT2D eigenvalue weighted by atomic mass is 10.00. The van der Waals surface area contributed by atoms with Crippen molar-refractivity contribution in [2.24, 2.45) is 0 Å². The number of carbonyl (C=O) groups excluding carboxylic acids is 1. The Morgan fingerprint density at radius 3 is 2.69 bits per heavy atom. The molecule has 3 nitrogen and oxygen atoms in total. The first kappa shape index (κ1) is 11.1. The lowest BCUT2D eigenvalue weighted by Gasteiger charge is -2.28. The molecule has 0 unspecified atom stereocenters. The molecule has 86 valence electrons. The second kappa shape index (κ2) is 4.66. The highest BCUT2D eigenvalue weighted by Crippen LogP contribution is 2.17. The van der Waals surface area contributed by atoms with Crippen LogP contribution in [0.25, 0.3) is 0 Å². The van der Waals surface area contributed by atoms with Gasteiger partial charge in [-0.1, -0.05) is 24.3 Å². The minimum atomic E-state index is 0.180. The van der Waals surface area contributed by atoms with Crippen LogP contribution in [0, 0.1) is 0 Å². The average Bonchev–Trinajstić information content (AvgIpc) is 2.28. The predicted molar refractivity (Wildman–Crippen MR) is 64.1 cm³/mol. The van der Waals surface area contributed by atoms with E-state index in [2.05, 4.69) is 29.2 Å². The Bertz CT molecular complexity index is 387. The Hall–Kier alpha value is -1.35. The van der Waals surface area contributed by atoms with E-state index in [1.807, 2.05) is 0 Å². The maximum atomic E-state index is 11.6. The van der Waals surface area contributed by atoms with Gasteiger partial charge in [0, 0.05) is 27.2 Å². The Morgan fingerprint density at radius 2 is 2.00 bits per heavy atom. The van der Waals surface area contributed by atoms with Gasteiger partial charge in [-0.2, -0.15) is 0 Å². The first-order valence-electron chi connectivity index (χ1n) is 5.66. The maximum absolute atomic E-state index is 11.6. The van der Waals surface area contributed by atoms with Gasteiger partial charge in [0.05, 0.1) is 6.54 Å². The van der Waals surface area contributed by atoms with Crippen LogP contribution in [0.3, 0.4) is 0 Å². The summed E-state index contributed by atoms with van der Waals surface area (Å²) in [4.78, 5) is 15.5. The number of benzene rings is 1. The number of hydrogen-bond acceptors (Lipinski definition) is 2. The van der Waals surface area contributed by atoms with Crippen LogP contribution in [-0.4, -0.2) is 42.9 Å². The van der Waals surface area contributed by atoms with Crippen molar-refractivity contribution < 1.29 is 4.79 Å². The monoisotopic (exact) mass is 218 g/mol. The molecule has 1 amide bonds. The summed E-state index contributed by atoms with van der Waals surface area (Å²) in [6, 6.07) is 8.48. The fourth-order valence-electron chi connectivity index (χ4n) is 2.02. The lowest BCUT2D eigenvalue weighted by Crippen LogP contribution is -2.39. The molecule has 0 spiro atoms. The van der Waals surface area contributed by atoms with Crippen molar-refractivity contribution in [2.45, 2.75) is 13.0 Å². The van der Waals surface area contributed by atoms with Gasteiger partial charge in [-0.3, -0.25) is 9.69 Å². The first-order chi connectivity index (χ1) is 7.66. The van der Waals surface area contributed by atoms with E-state index < -0.39 is 0 Å². The first-order valence-corrected chi connectivity index (χ1v) is 5.66. The van der Waals surface area contributed by atoms with Crippen LogP contribution < -0.4 is 0 Å². The molecule has 1 heterocycles. The molecular formula is C13H18N2O. The van der Waals surface area contributed by atoms with Gasteiger partial charge in [0.25, 0.3) is 0 Å². The Kier molecular flexibility index (Phi) is 3.25. The molecule has 1 aromatic carbocycles. The molecule has 0 atom stereocenters. The number of amides is 1. The molecule has 0 radical (unpaired) electrons. The van der Waals surface area contributed by atoms with E-state index in [4.69, 9.17) is 0 Å². The van der Waals surface area contributed by atoms with Gasteiger partial charge in [-0.15, -0.1) is 0 Å². The zero-order valence-electron chi connectivity index (χ0n) is 9.94.